The van der Waals surface area contributed by atoms with E-state index in [-0.39, 0.29) is 0 Å². The molecule has 0 amide bonds. The third-order valence-electron chi connectivity index (χ3n) is 4.19. The van der Waals surface area contributed by atoms with E-state index in [1.165, 1.54) is 0 Å². The van der Waals surface area contributed by atoms with Crippen molar-refractivity contribution in [3.63, 3.8) is 0 Å². The largest absolute Gasteiger partial charge is 0.382 e. The molecule has 4 rings (SSSR count). The number of anilines is 2. The molecule has 0 unspecified atom stereocenters. The Labute approximate surface area is 135 Å². The third kappa shape index (κ3) is 2.73. The Hall–Kier alpha value is -2.59. The molecule has 1 radical (unpaired) electrons. The second-order valence-corrected chi connectivity index (χ2v) is 5.68. The van der Waals surface area contributed by atoms with Crippen LogP contribution in [0.1, 0.15) is 0 Å². The smallest absolute Gasteiger partial charge is 0.147 e. The van der Waals surface area contributed by atoms with Gasteiger partial charge in [-0.25, -0.2) is 4.98 Å². The highest BCUT2D eigenvalue weighted by Crippen LogP contribution is 2.30. The Bertz CT molecular complexity index is 827. The van der Waals surface area contributed by atoms with E-state index < -0.39 is 0 Å². The van der Waals surface area contributed by atoms with Crippen molar-refractivity contribution in [2.75, 3.05) is 36.9 Å². The summed E-state index contributed by atoms with van der Waals surface area (Å²) >= 11 is 0. The van der Waals surface area contributed by atoms with E-state index in [0.29, 0.717) is 5.82 Å². The normalized spacial score (nSPS) is 15.0. The fraction of sp³-hybridized carbons (Fsp3) is 0.211. The molecule has 115 valence electrons. The number of benzene rings is 2. The lowest BCUT2D eigenvalue weighted by molar-refractivity contribution is 0.123. The average molecular weight is 304 g/mol. The molecule has 0 aliphatic carbocycles. The molecule has 23 heavy (non-hydrogen) atoms. The van der Waals surface area contributed by atoms with Gasteiger partial charge in [-0.15, -0.1) is 0 Å². The quantitative estimate of drug-likeness (QED) is 0.790. The van der Waals surface area contributed by atoms with E-state index in [9.17, 15) is 0 Å². The van der Waals surface area contributed by atoms with Gasteiger partial charge in [0, 0.05) is 18.5 Å². The van der Waals surface area contributed by atoms with Crippen LogP contribution < -0.4 is 10.6 Å². The molecule has 1 fully saturated rings. The number of morpholine rings is 1. The number of hydrogen-bond donors (Lipinski definition) is 1. The van der Waals surface area contributed by atoms with Gasteiger partial charge in [0.1, 0.15) is 5.82 Å². The van der Waals surface area contributed by atoms with Gasteiger partial charge in [0.15, 0.2) is 0 Å². The van der Waals surface area contributed by atoms with Crippen molar-refractivity contribution in [3.8, 4) is 11.1 Å². The molecule has 4 heteroatoms. The monoisotopic (exact) mass is 304 g/mol. The molecule has 1 saturated heterocycles. The second kappa shape index (κ2) is 5.89. The van der Waals surface area contributed by atoms with Crippen LogP contribution in [0.25, 0.3) is 22.0 Å². The molecule has 0 spiro atoms. The number of nitrogen functional groups attached to an aromatic ring is 1. The highest BCUT2D eigenvalue weighted by Gasteiger charge is 2.15. The number of pyridine rings is 1. The number of nitrogens with two attached hydrogens (primary N) is 1. The van der Waals surface area contributed by atoms with Crippen molar-refractivity contribution in [1.29, 1.82) is 0 Å². The summed E-state index contributed by atoms with van der Waals surface area (Å²) in [5, 5.41) is 1.09. The van der Waals surface area contributed by atoms with Crippen molar-refractivity contribution in [3.05, 3.63) is 54.6 Å². The standard InChI is InChI=1S/C19H18N3O/c20-19-18(22-8-10-23-11-9-22)13-16-12-15(6-7-17(16)21-19)14-4-2-1-3-5-14/h1-4,6-7,12-13H,8-11H2,(H2,20,21). The highest BCUT2D eigenvalue weighted by atomic mass is 16.5. The maximum absolute atomic E-state index is 6.17. The number of ether oxygens (including phenoxy) is 1. The van der Waals surface area contributed by atoms with Crippen LogP contribution in [-0.2, 0) is 4.74 Å². The van der Waals surface area contributed by atoms with Crippen LogP contribution in [0.4, 0.5) is 11.5 Å². The Morgan fingerprint density at radius 3 is 2.74 bits per heavy atom. The first-order valence-corrected chi connectivity index (χ1v) is 7.81. The fourth-order valence-electron chi connectivity index (χ4n) is 2.98. The zero-order valence-electron chi connectivity index (χ0n) is 12.8. The number of fused-ring (bicyclic) bond motifs is 1. The predicted molar refractivity (Wildman–Crippen MR) is 93.5 cm³/mol. The minimum absolute atomic E-state index is 0.582. The highest BCUT2D eigenvalue weighted by molar-refractivity contribution is 5.89. The van der Waals surface area contributed by atoms with Gasteiger partial charge in [0.2, 0.25) is 0 Å². The Kier molecular flexibility index (Phi) is 3.60. The summed E-state index contributed by atoms with van der Waals surface area (Å²) in [7, 11) is 0. The molecule has 1 aliphatic rings. The summed E-state index contributed by atoms with van der Waals surface area (Å²) in [6.07, 6.45) is 0. The van der Waals surface area contributed by atoms with E-state index in [0.717, 1.165) is 54.0 Å². The number of aromatic nitrogens is 1. The second-order valence-electron chi connectivity index (χ2n) is 5.68. The van der Waals surface area contributed by atoms with Crippen LogP contribution >= 0.6 is 0 Å². The van der Waals surface area contributed by atoms with Gasteiger partial charge in [0.25, 0.3) is 0 Å². The van der Waals surface area contributed by atoms with Gasteiger partial charge in [-0.2, -0.15) is 0 Å². The van der Waals surface area contributed by atoms with Crippen molar-refractivity contribution in [2.45, 2.75) is 0 Å². The minimum Gasteiger partial charge on any atom is -0.382 e. The maximum Gasteiger partial charge on any atom is 0.147 e. The van der Waals surface area contributed by atoms with E-state index in [2.05, 4.69) is 40.2 Å². The molecule has 2 heterocycles. The molecular formula is C19H18N3O. The predicted octanol–water partition coefficient (Wildman–Crippen LogP) is 3.12. The van der Waals surface area contributed by atoms with Crippen LogP contribution in [0.15, 0.2) is 48.5 Å². The number of nitrogens with zero attached hydrogens (tertiary/aromatic N) is 2. The van der Waals surface area contributed by atoms with Gasteiger partial charge >= 0.3 is 0 Å². The van der Waals surface area contributed by atoms with Crippen LogP contribution in [0, 0.1) is 6.07 Å². The zero-order chi connectivity index (χ0) is 15.6. The lowest BCUT2D eigenvalue weighted by atomic mass is 10.0. The fourth-order valence-corrected chi connectivity index (χ4v) is 2.98. The Balaban J connectivity index is 1.79. The van der Waals surface area contributed by atoms with Gasteiger partial charge in [0.05, 0.1) is 24.4 Å². The first-order valence-electron chi connectivity index (χ1n) is 7.81. The first kappa shape index (κ1) is 14.0. The molecule has 1 aromatic heterocycles. The molecule has 3 aromatic rings. The topological polar surface area (TPSA) is 51.4 Å². The van der Waals surface area contributed by atoms with Gasteiger partial charge in [-0.1, -0.05) is 30.3 Å². The summed E-state index contributed by atoms with van der Waals surface area (Å²) in [6.45, 7) is 3.17. The summed E-state index contributed by atoms with van der Waals surface area (Å²) < 4.78 is 5.42. The molecule has 1 aliphatic heterocycles. The summed E-state index contributed by atoms with van der Waals surface area (Å²) in [4.78, 5) is 6.81. The maximum atomic E-state index is 6.17. The van der Waals surface area contributed by atoms with Crippen molar-refractivity contribution in [2.24, 2.45) is 0 Å². The van der Waals surface area contributed by atoms with E-state index in [1.54, 1.807) is 0 Å². The lowest BCUT2D eigenvalue weighted by Gasteiger charge is -2.29. The minimum atomic E-state index is 0.582. The average Bonchev–Trinajstić information content (AvgIpc) is 2.62. The molecule has 0 saturated carbocycles. The molecule has 0 bridgehead atoms. The molecule has 0 atom stereocenters. The SMILES string of the molecule is Nc1nc2ccc(-c3[c]cccc3)cc2cc1N1CCOCC1. The molecule has 2 aromatic carbocycles. The van der Waals surface area contributed by atoms with Crippen LogP contribution in [-0.4, -0.2) is 31.3 Å². The molecular weight excluding hydrogens is 286 g/mol. The van der Waals surface area contributed by atoms with Crippen molar-refractivity contribution >= 4 is 22.4 Å². The summed E-state index contributed by atoms with van der Waals surface area (Å²) in [6, 6.07) is 19.6. The zero-order valence-corrected chi connectivity index (χ0v) is 12.8. The molecule has 4 nitrogen and oxygen atoms in total. The first-order chi connectivity index (χ1) is 11.3. The van der Waals surface area contributed by atoms with Gasteiger partial charge in [-0.05, 0) is 35.4 Å². The summed E-state index contributed by atoms with van der Waals surface area (Å²) in [5.74, 6) is 0.582. The van der Waals surface area contributed by atoms with Gasteiger partial charge < -0.3 is 15.4 Å². The number of hydrogen-bond acceptors (Lipinski definition) is 4. The van der Waals surface area contributed by atoms with Crippen molar-refractivity contribution < 1.29 is 4.74 Å². The van der Waals surface area contributed by atoms with Crippen LogP contribution in [0.5, 0.6) is 0 Å². The lowest BCUT2D eigenvalue weighted by Crippen LogP contribution is -2.36. The van der Waals surface area contributed by atoms with Gasteiger partial charge in [-0.3, -0.25) is 0 Å². The Morgan fingerprint density at radius 2 is 1.96 bits per heavy atom. The van der Waals surface area contributed by atoms with E-state index in [4.69, 9.17) is 10.5 Å². The van der Waals surface area contributed by atoms with Crippen LogP contribution in [0.3, 0.4) is 0 Å². The van der Waals surface area contributed by atoms with Crippen molar-refractivity contribution in [1.82, 2.24) is 4.98 Å². The molecule has 2 N–H and O–H groups in total. The third-order valence-corrected chi connectivity index (χ3v) is 4.19. The summed E-state index contributed by atoms with van der Waals surface area (Å²) in [5.41, 5.74) is 10.3. The van der Waals surface area contributed by atoms with E-state index >= 15 is 0 Å². The Morgan fingerprint density at radius 1 is 1.09 bits per heavy atom. The van der Waals surface area contributed by atoms with E-state index in [1.807, 2.05) is 24.3 Å². The van der Waals surface area contributed by atoms with Crippen LogP contribution in [0.2, 0.25) is 0 Å². The number of rotatable bonds is 2.